The van der Waals surface area contributed by atoms with Crippen LogP contribution in [0.1, 0.15) is 40.0 Å². The monoisotopic (exact) mass is 164 g/mol. The second-order valence-electron chi connectivity index (χ2n) is 5.38. The molecule has 4 atom stereocenters. The Hall–Kier alpha value is 0.0649. The third-order valence-electron chi connectivity index (χ3n) is 5.50. The Labute approximate surface area is 77.5 Å². The molecule has 0 aromatic rings. The molecule has 4 unspecified atom stereocenters. The molecule has 0 radical (unpaired) electrons. The van der Waals surface area contributed by atoms with Gasteiger partial charge in [0.1, 0.15) is 7.85 Å². The van der Waals surface area contributed by atoms with Crippen molar-refractivity contribution < 1.29 is 0 Å². The van der Waals surface area contributed by atoms with Crippen molar-refractivity contribution in [1.82, 2.24) is 0 Å². The maximum atomic E-state index is 2.49. The highest BCUT2D eigenvalue weighted by atomic mass is 14.6. The van der Waals surface area contributed by atoms with Gasteiger partial charge in [-0.1, -0.05) is 33.0 Å². The van der Waals surface area contributed by atoms with Gasteiger partial charge in [0.25, 0.3) is 0 Å². The predicted molar refractivity (Wildman–Crippen MR) is 56.1 cm³/mol. The first-order valence-electron chi connectivity index (χ1n) is 5.59. The second-order valence-corrected chi connectivity index (χ2v) is 5.38. The molecule has 0 heterocycles. The van der Waals surface area contributed by atoms with E-state index in [1.807, 2.05) is 0 Å². The molecule has 0 nitrogen and oxygen atoms in total. The van der Waals surface area contributed by atoms with E-state index in [0.717, 1.165) is 29.0 Å². The van der Waals surface area contributed by atoms with E-state index in [9.17, 15) is 0 Å². The predicted octanol–water partition coefficient (Wildman–Crippen LogP) is 2.50. The zero-order valence-electron chi connectivity index (χ0n) is 8.93. The Kier molecular flexibility index (Phi) is 1.82. The summed E-state index contributed by atoms with van der Waals surface area (Å²) in [4.78, 5) is 0. The molecular formula is C11H21B. The molecule has 0 saturated heterocycles. The third-order valence-corrected chi connectivity index (χ3v) is 5.50. The molecule has 68 valence electrons. The van der Waals surface area contributed by atoms with E-state index >= 15 is 0 Å². The van der Waals surface area contributed by atoms with Crippen LogP contribution in [-0.4, -0.2) is 7.85 Å². The highest BCUT2D eigenvalue weighted by Gasteiger charge is 2.55. The summed E-state index contributed by atoms with van der Waals surface area (Å²) in [5.41, 5.74) is 0.777. The molecule has 2 fully saturated rings. The average Bonchev–Trinajstić information content (AvgIpc) is 2.13. The minimum Gasteiger partial charge on any atom is -0.0626 e. The molecular weight excluding hydrogens is 143 g/mol. The second kappa shape index (κ2) is 2.53. The van der Waals surface area contributed by atoms with E-state index in [2.05, 4.69) is 28.6 Å². The molecule has 2 aliphatic carbocycles. The molecule has 2 aliphatic rings. The van der Waals surface area contributed by atoms with Gasteiger partial charge in [0.2, 0.25) is 0 Å². The van der Waals surface area contributed by atoms with E-state index < -0.39 is 0 Å². The minimum absolute atomic E-state index is 0.777. The van der Waals surface area contributed by atoms with Gasteiger partial charge in [0.15, 0.2) is 0 Å². The fourth-order valence-electron chi connectivity index (χ4n) is 3.87. The standard InChI is InChI=1S/C11H21B/c1-7-8(2)10(12)11(9(7)3)5-4-6-11/h7-10H,4-6,12H2,1-3H3. The fourth-order valence-corrected chi connectivity index (χ4v) is 3.87. The number of hydrogen-bond donors (Lipinski definition) is 0. The molecule has 0 aliphatic heterocycles. The third kappa shape index (κ3) is 0.804. The smallest absolute Gasteiger partial charge is 0.0626 e. The molecule has 0 aromatic heterocycles. The van der Waals surface area contributed by atoms with Gasteiger partial charge < -0.3 is 0 Å². The lowest BCUT2D eigenvalue weighted by Crippen LogP contribution is -2.36. The molecule has 0 bridgehead atoms. The van der Waals surface area contributed by atoms with Crippen LogP contribution in [0.3, 0.4) is 0 Å². The maximum absolute atomic E-state index is 2.49. The summed E-state index contributed by atoms with van der Waals surface area (Å²) in [6.45, 7) is 7.40. The van der Waals surface area contributed by atoms with Crippen molar-refractivity contribution in [2.24, 2.45) is 23.2 Å². The van der Waals surface area contributed by atoms with Crippen molar-refractivity contribution in [2.75, 3.05) is 0 Å². The minimum atomic E-state index is 0.777. The number of rotatable bonds is 0. The van der Waals surface area contributed by atoms with Crippen molar-refractivity contribution in [3.05, 3.63) is 0 Å². The highest BCUT2D eigenvalue weighted by molar-refractivity contribution is 6.12. The van der Waals surface area contributed by atoms with Crippen LogP contribution >= 0.6 is 0 Å². The van der Waals surface area contributed by atoms with Crippen LogP contribution in [0.25, 0.3) is 0 Å². The Morgan fingerprint density at radius 2 is 1.67 bits per heavy atom. The van der Waals surface area contributed by atoms with Crippen molar-refractivity contribution in [3.63, 3.8) is 0 Å². The normalized spacial score (nSPS) is 50.9. The Morgan fingerprint density at radius 1 is 1.08 bits per heavy atom. The molecule has 0 aromatic carbocycles. The summed E-state index contributed by atoms with van der Waals surface area (Å²) in [6.07, 6.45) is 4.53. The van der Waals surface area contributed by atoms with Crippen molar-refractivity contribution in [1.29, 1.82) is 0 Å². The lowest BCUT2D eigenvalue weighted by atomic mass is 9.52. The van der Waals surface area contributed by atoms with Gasteiger partial charge in [-0.15, -0.1) is 0 Å². The molecule has 1 heteroatoms. The van der Waals surface area contributed by atoms with Crippen LogP contribution in [0.4, 0.5) is 0 Å². The van der Waals surface area contributed by atoms with Gasteiger partial charge >= 0.3 is 0 Å². The molecule has 12 heavy (non-hydrogen) atoms. The summed E-state index contributed by atoms with van der Waals surface area (Å²) in [5, 5.41) is 0. The van der Waals surface area contributed by atoms with Crippen molar-refractivity contribution in [3.8, 4) is 0 Å². The van der Waals surface area contributed by atoms with E-state index in [1.54, 1.807) is 0 Å². The van der Waals surface area contributed by atoms with Crippen LogP contribution in [0.2, 0.25) is 5.82 Å². The van der Waals surface area contributed by atoms with Gasteiger partial charge in [-0.3, -0.25) is 0 Å². The average molecular weight is 164 g/mol. The van der Waals surface area contributed by atoms with Crippen LogP contribution in [-0.2, 0) is 0 Å². The molecule has 1 spiro atoms. The lowest BCUT2D eigenvalue weighted by Gasteiger charge is -2.47. The lowest BCUT2D eigenvalue weighted by molar-refractivity contribution is 0.0766. The topological polar surface area (TPSA) is 0 Å². The largest absolute Gasteiger partial charge is 0.106 e. The molecule has 0 N–H and O–H groups in total. The van der Waals surface area contributed by atoms with Crippen molar-refractivity contribution >= 4 is 7.85 Å². The first-order valence-corrected chi connectivity index (χ1v) is 5.59. The van der Waals surface area contributed by atoms with Crippen LogP contribution in [0, 0.1) is 23.2 Å². The SMILES string of the molecule is BC1C(C)C(C)C(C)C12CCC2. The summed E-state index contributed by atoms with van der Waals surface area (Å²) in [7, 11) is 2.49. The quantitative estimate of drug-likeness (QED) is 0.482. The Bertz CT molecular complexity index is 167. The fraction of sp³-hybridized carbons (Fsp3) is 1.00. The van der Waals surface area contributed by atoms with E-state index in [4.69, 9.17) is 0 Å². The first kappa shape index (κ1) is 8.65. The van der Waals surface area contributed by atoms with E-state index in [0.29, 0.717) is 0 Å². The van der Waals surface area contributed by atoms with Crippen LogP contribution in [0.5, 0.6) is 0 Å². The van der Waals surface area contributed by atoms with Crippen LogP contribution < -0.4 is 0 Å². The zero-order valence-corrected chi connectivity index (χ0v) is 8.93. The van der Waals surface area contributed by atoms with Gasteiger partial charge in [0, 0.05) is 0 Å². The highest BCUT2D eigenvalue weighted by Crippen LogP contribution is 2.65. The number of hydrogen-bond acceptors (Lipinski definition) is 0. The summed E-state index contributed by atoms with van der Waals surface area (Å²) >= 11 is 0. The van der Waals surface area contributed by atoms with Gasteiger partial charge in [-0.05, 0) is 36.0 Å². The molecule has 0 amide bonds. The van der Waals surface area contributed by atoms with Gasteiger partial charge in [0.05, 0.1) is 0 Å². The van der Waals surface area contributed by atoms with Crippen LogP contribution in [0.15, 0.2) is 0 Å². The summed E-state index contributed by atoms with van der Waals surface area (Å²) < 4.78 is 0. The van der Waals surface area contributed by atoms with E-state index in [1.165, 1.54) is 19.3 Å². The summed E-state index contributed by atoms with van der Waals surface area (Å²) in [6, 6.07) is 0. The van der Waals surface area contributed by atoms with Gasteiger partial charge in [-0.2, -0.15) is 0 Å². The van der Waals surface area contributed by atoms with E-state index in [-0.39, 0.29) is 0 Å². The summed E-state index contributed by atoms with van der Waals surface area (Å²) in [5.74, 6) is 3.88. The molecule has 2 rings (SSSR count). The maximum Gasteiger partial charge on any atom is 0.106 e. The first-order chi connectivity index (χ1) is 5.59. The Balaban J connectivity index is 2.24. The van der Waals surface area contributed by atoms with Gasteiger partial charge in [-0.25, -0.2) is 0 Å². The van der Waals surface area contributed by atoms with Crippen molar-refractivity contribution in [2.45, 2.75) is 45.9 Å². The zero-order chi connectivity index (χ0) is 8.93. The Morgan fingerprint density at radius 3 is 1.83 bits per heavy atom. The molecule has 2 saturated carbocycles.